The number of likely N-dealkylation sites (tertiary alicyclic amines) is 1. The smallest absolute Gasteiger partial charge is 0.251 e. The third kappa shape index (κ3) is 4.81. The molecule has 1 saturated heterocycles. The van der Waals surface area contributed by atoms with Crippen molar-refractivity contribution in [3.05, 3.63) is 29.8 Å². The summed E-state index contributed by atoms with van der Waals surface area (Å²) in [6, 6.07) is 7.17. The first-order chi connectivity index (χ1) is 12.2. The lowest BCUT2D eigenvalue weighted by atomic mass is 9.68. The molecular formula is C19H29IN4O2. The third-order valence-corrected chi connectivity index (χ3v) is 5.39. The van der Waals surface area contributed by atoms with E-state index in [4.69, 9.17) is 4.74 Å². The number of methoxy groups -OCH3 is 1. The minimum absolute atomic E-state index is 0. The number of amides is 1. The molecule has 3 rings (SSSR count). The number of aliphatic imine (C=N–C) groups is 1. The topological polar surface area (TPSA) is 66.0 Å². The Bertz CT molecular complexity index is 646. The standard InChI is InChI=1S/C19H28N4O2.HI/c1-20-18(23-12-9-19(14-23)7-4-8-19)22-11-10-21-17(24)15-5-3-6-16(13-15)25-2;/h3,5-6,13H,4,7-12,14H2,1-2H3,(H,20,22)(H,21,24);1H. The zero-order valence-electron chi connectivity index (χ0n) is 15.6. The lowest BCUT2D eigenvalue weighted by Gasteiger charge is -2.38. The van der Waals surface area contributed by atoms with E-state index in [-0.39, 0.29) is 29.9 Å². The largest absolute Gasteiger partial charge is 0.497 e. The fraction of sp³-hybridized carbons (Fsp3) is 0.579. The van der Waals surface area contributed by atoms with Crippen LogP contribution >= 0.6 is 24.0 Å². The quantitative estimate of drug-likeness (QED) is 0.299. The molecule has 1 heterocycles. The number of halogens is 1. The highest BCUT2D eigenvalue weighted by Crippen LogP contribution is 2.47. The summed E-state index contributed by atoms with van der Waals surface area (Å²) in [5.74, 6) is 1.54. The number of benzene rings is 1. The Morgan fingerprint density at radius 3 is 2.65 bits per heavy atom. The zero-order chi connectivity index (χ0) is 17.7. The van der Waals surface area contributed by atoms with E-state index < -0.39 is 0 Å². The van der Waals surface area contributed by atoms with Crippen LogP contribution in [0.15, 0.2) is 29.3 Å². The first kappa shape index (κ1) is 20.8. The number of carbonyl (C=O) groups excluding carboxylic acids is 1. The fourth-order valence-electron chi connectivity index (χ4n) is 3.75. The van der Waals surface area contributed by atoms with Crippen LogP contribution in [-0.4, -0.2) is 57.1 Å². The van der Waals surface area contributed by atoms with Gasteiger partial charge >= 0.3 is 0 Å². The van der Waals surface area contributed by atoms with Gasteiger partial charge in [0.1, 0.15) is 5.75 Å². The molecule has 1 aliphatic heterocycles. The molecule has 0 atom stereocenters. The molecule has 1 aliphatic carbocycles. The molecule has 0 aromatic heterocycles. The lowest BCUT2D eigenvalue weighted by molar-refractivity contribution is 0.0954. The number of ether oxygens (including phenoxy) is 1. The molecule has 1 aromatic carbocycles. The summed E-state index contributed by atoms with van der Waals surface area (Å²) >= 11 is 0. The number of nitrogens with zero attached hydrogens (tertiary/aromatic N) is 2. The van der Waals surface area contributed by atoms with Gasteiger partial charge in [0, 0.05) is 38.8 Å². The molecule has 6 nitrogen and oxygen atoms in total. The molecule has 0 bridgehead atoms. The minimum atomic E-state index is -0.0923. The minimum Gasteiger partial charge on any atom is -0.497 e. The van der Waals surface area contributed by atoms with E-state index in [1.54, 1.807) is 19.2 Å². The van der Waals surface area contributed by atoms with Crippen molar-refractivity contribution in [2.45, 2.75) is 25.7 Å². The number of guanidine groups is 1. The fourth-order valence-corrected chi connectivity index (χ4v) is 3.75. The predicted molar refractivity (Wildman–Crippen MR) is 115 cm³/mol. The summed E-state index contributed by atoms with van der Waals surface area (Å²) in [6.45, 7) is 3.40. The Morgan fingerprint density at radius 2 is 2.04 bits per heavy atom. The van der Waals surface area contributed by atoms with E-state index in [0.717, 1.165) is 19.0 Å². The molecular weight excluding hydrogens is 443 g/mol. The molecule has 2 fully saturated rings. The van der Waals surface area contributed by atoms with Crippen LogP contribution in [0.5, 0.6) is 5.75 Å². The van der Waals surface area contributed by atoms with Crippen LogP contribution < -0.4 is 15.4 Å². The second-order valence-electron chi connectivity index (χ2n) is 6.99. The Morgan fingerprint density at radius 1 is 1.27 bits per heavy atom. The number of hydrogen-bond acceptors (Lipinski definition) is 3. The van der Waals surface area contributed by atoms with Crippen LogP contribution in [0.2, 0.25) is 0 Å². The Hall–Kier alpha value is -1.51. The van der Waals surface area contributed by atoms with Crippen LogP contribution in [0.25, 0.3) is 0 Å². The number of carbonyl (C=O) groups is 1. The van der Waals surface area contributed by atoms with Gasteiger partial charge in [-0.2, -0.15) is 0 Å². The highest BCUT2D eigenvalue weighted by molar-refractivity contribution is 14.0. The highest BCUT2D eigenvalue weighted by Gasteiger charge is 2.43. The van der Waals surface area contributed by atoms with Crippen molar-refractivity contribution in [3.8, 4) is 5.75 Å². The molecule has 1 spiro atoms. The van der Waals surface area contributed by atoms with Gasteiger partial charge in [0.2, 0.25) is 0 Å². The van der Waals surface area contributed by atoms with Crippen molar-refractivity contribution < 1.29 is 9.53 Å². The van der Waals surface area contributed by atoms with Gasteiger partial charge in [0.05, 0.1) is 7.11 Å². The number of nitrogens with one attached hydrogen (secondary N) is 2. The average Bonchev–Trinajstić information content (AvgIpc) is 3.07. The Balaban J connectivity index is 0.00000243. The van der Waals surface area contributed by atoms with E-state index in [1.165, 1.54) is 25.7 Å². The van der Waals surface area contributed by atoms with Crippen LogP contribution in [0.1, 0.15) is 36.0 Å². The maximum atomic E-state index is 12.2. The molecule has 1 saturated carbocycles. The molecule has 2 aliphatic rings. The van der Waals surface area contributed by atoms with E-state index in [9.17, 15) is 4.79 Å². The van der Waals surface area contributed by atoms with Gasteiger partial charge in [-0.15, -0.1) is 24.0 Å². The van der Waals surface area contributed by atoms with Gasteiger partial charge in [-0.3, -0.25) is 9.79 Å². The van der Waals surface area contributed by atoms with Gasteiger partial charge < -0.3 is 20.3 Å². The monoisotopic (exact) mass is 472 g/mol. The zero-order valence-corrected chi connectivity index (χ0v) is 17.9. The van der Waals surface area contributed by atoms with Gasteiger partial charge in [-0.05, 0) is 42.9 Å². The first-order valence-corrected chi connectivity index (χ1v) is 9.04. The van der Waals surface area contributed by atoms with E-state index in [0.29, 0.717) is 29.8 Å². The summed E-state index contributed by atoms with van der Waals surface area (Å²) in [7, 11) is 3.42. The summed E-state index contributed by atoms with van der Waals surface area (Å²) in [5.41, 5.74) is 1.16. The molecule has 1 amide bonds. The Kier molecular flexibility index (Phi) is 7.55. The van der Waals surface area contributed by atoms with Crippen molar-refractivity contribution >= 4 is 35.8 Å². The second kappa shape index (κ2) is 9.43. The second-order valence-corrected chi connectivity index (χ2v) is 6.99. The van der Waals surface area contributed by atoms with Crippen LogP contribution in [0.3, 0.4) is 0 Å². The van der Waals surface area contributed by atoms with Crippen LogP contribution in [0, 0.1) is 5.41 Å². The van der Waals surface area contributed by atoms with Crippen molar-refractivity contribution in [3.63, 3.8) is 0 Å². The lowest BCUT2D eigenvalue weighted by Crippen LogP contribution is -2.44. The van der Waals surface area contributed by atoms with Crippen molar-refractivity contribution in [1.29, 1.82) is 0 Å². The van der Waals surface area contributed by atoms with Crippen LogP contribution in [-0.2, 0) is 0 Å². The molecule has 0 radical (unpaired) electrons. The molecule has 2 N–H and O–H groups in total. The SMILES string of the molecule is CN=C(NCCNC(=O)c1cccc(OC)c1)N1CCC2(CCC2)C1.I. The van der Waals surface area contributed by atoms with E-state index in [1.807, 2.05) is 19.2 Å². The number of hydrogen-bond donors (Lipinski definition) is 2. The first-order valence-electron chi connectivity index (χ1n) is 9.04. The molecule has 26 heavy (non-hydrogen) atoms. The van der Waals surface area contributed by atoms with Gasteiger partial charge in [-0.25, -0.2) is 0 Å². The number of rotatable bonds is 5. The maximum Gasteiger partial charge on any atom is 0.251 e. The highest BCUT2D eigenvalue weighted by atomic mass is 127. The molecule has 7 heteroatoms. The summed E-state index contributed by atoms with van der Waals surface area (Å²) in [4.78, 5) is 18.9. The Labute approximate surface area is 172 Å². The maximum absolute atomic E-state index is 12.2. The molecule has 0 unspecified atom stereocenters. The van der Waals surface area contributed by atoms with Crippen LogP contribution in [0.4, 0.5) is 0 Å². The predicted octanol–water partition coefficient (Wildman–Crippen LogP) is 2.49. The summed E-state index contributed by atoms with van der Waals surface area (Å²) < 4.78 is 5.15. The summed E-state index contributed by atoms with van der Waals surface area (Å²) in [5, 5.41) is 6.29. The van der Waals surface area contributed by atoms with Crippen molar-refractivity contribution in [2.24, 2.45) is 10.4 Å². The normalized spacial score (nSPS) is 18.1. The van der Waals surface area contributed by atoms with Crippen molar-refractivity contribution in [2.75, 3.05) is 40.3 Å². The molecule has 144 valence electrons. The van der Waals surface area contributed by atoms with Gasteiger partial charge in [0.15, 0.2) is 5.96 Å². The molecule has 1 aromatic rings. The average molecular weight is 472 g/mol. The third-order valence-electron chi connectivity index (χ3n) is 5.39. The van der Waals surface area contributed by atoms with Crippen molar-refractivity contribution in [1.82, 2.24) is 15.5 Å². The van der Waals surface area contributed by atoms with Gasteiger partial charge in [0.25, 0.3) is 5.91 Å². The van der Waals surface area contributed by atoms with E-state index >= 15 is 0 Å². The van der Waals surface area contributed by atoms with Gasteiger partial charge in [-0.1, -0.05) is 12.5 Å². The van der Waals surface area contributed by atoms with E-state index in [2.05, 4.69) is 20.5 Å². The summed E-state index contributed by atoms with van der Waals surface area (Å²) in [6.07, 6.45) is 5.37.